The van der Waals surface area contributed by atoms with Crippen molar-refractivity contribution < 1.29 is 17.9 Å². The van der Waals surface area contributed by atoms with Crippen LogP contribution in [0.2, 0.25) is 5.02 Å². The van der Waals surface area contributed by atoms with Gasteiger partial charge in [-0.25, -0.2) is 4.39 Å². The van der Waals surface area contributed by atoms with Crippen LogP contribution in [0.25, 0.3) is 28.1 Å². The van der Waals surface area contributed by atoms with E-state index in [1.54, 1.807) is 36.2 Å². The van der Waals surface area contributed by atoms with Crippen molar-refractivity contribution in [3.05, 3.63) is 71.9 Å². The van der Waals surface area contributed by atoms with Crippen LogP contribution in [0.1, 0.15) is 24.7 Å². The maximum absolute atomic E-state index is 15.1. The monoisotopic (exact) mass is 530 g/mol. The van der Waals surface area contributed by atoms with E-state index in [4.69, 9.17) is 16.3 Å². The highest BCUT2D eigenvalue weighted by Gasteiger charge is 2.21. The number of tetrazole rings is 1. The lowest BCUT2D eigenvalue weighted by Gasteiger charge is -2.18. The highest BCUT2D eigenvalue weighted by Crippen LogP contribution is 2.34. The molecular formula is C22H18ClF3N10O. The molecule has 1 aromatic carbocycles. The number of hydrogen-bond acceptors (Lipinski definition) is 8. The van der Waals surface area contributed by atoms with E-state index in [1.165, 1.54) is 35.7 Å². The number of aromatic nitrogens is 10. The summed E-state index contributed by atoms with van der Waals surface area (Å²) < 4.78 is 49.0. The van der Waals surface area contributed by atoms with Crippen molar-refractivity contribution in [2.75, 3.05) is 13.7 Å². The molecule has 0 fully saturated rings. The van der Waals surface area contributed by atoms with Crippen LogP contribution < -0.4 is 0 Å². The Morgan fingerprint density at radius 3 is 2.59 bits per heavy atom. The van der Waals surface area contributed by atoms with Gasteiger partial charge in [0.2, 0.25) is 0 Å². The van der Waals surface area contributed by atoms with Crippen LogP contribution in [0.3, 0.4) is 0 Å². The molecule has 37 heavy (non-hydrogen) atoms. The molecule has 0 bridgehead atoms. The van der Waals surface area contributed by atoms with Crippen LogP contribution in [0.15, 0.2) is 55.4 Å². The maximum Gasteiger partial charge on any atom is 0.348 e. The largest absolute Gasteiger partial charge is 0.385 e. The Kier molecular flexibility index (Phi) is 6.92. The third kappa shape index (κ3) is 4.93. The van der Waals surface area contributed by atoms with E-state index >= 15 is 4.39 Å². The third-order valence-corrected chi connectivity index (χ3v) is 5.87. The molecule has 5 aromatic rings. The number of pyridine rings is 1. The molecular weight excluding hydrogens is 513 g/mol. The number of ether oxygens (including phenoxy) is 1. The van der Waals surface area contributed by atoms with Gasteiger partial charge in [0.1, 0.15) is 12.0 Å². The number of alkyl halides is 2. The lowest BCUT2D eigenvalue weighted by atomic mass is 10.0. The van der Waals surface area contributed by atoms with Gasteiger partial charge in [-0.3, -0.25) is 9.67 Å². The van der Waals surface area contributed by atoms with Gasteiger partial charge in [0.15, 0.2) is 5.82 Å². The summed E-state index contributed by atoms with van der Waals surface area (Å²) in [5.41, 5.74) is 2.44. The minimum Gasteiger partial charge on any atom is -0.385 e. The van der Waals surface area contributed by atoms with Crippen LogP contribution in [-0.2, 0) is 4.74 Å². The number of halogens is 4. The lowest BCUT2D eigenvalue weighted by molar-refractivity contribution is 0.0415. The maximum atomic E-state index is 15.1. The third-order valence-electron chi connectivity index (χ3n) is 5.58. The smallest absolute Gasteiger partial charge is 0.348 e. The number of benzene rings is 1. The predicted octanol–water partition coefficient (Wildman–Crippen LogP) is 3.99. The van der Waals surface area contributed by atoms with Crippen LogP contribution in [0.5, 0.6) is 0 Å². The second kappa shape index (κ2) is 10.4. The Labute approximate surface area is 212 Å². The van der Waals surface area contributed by atoms with Gasteiger partial charge >= 0.3 is 6.55 Å². The molecule has 0 aliphatic heterocycles. The van der Waals surface area contributed by atoms with Gasteiger partial charge in [-0.2, -0.15) is 23.7 Å². The highest BCUT2D eigenvalue weighted by atomic mass is 35.5. The van der Waals surface area contributed by atoms with E-state index in [2.05, 4.69) is 35.8 Å². The van der Waals surface area contributed by atoms with Crippen molar-refractivity contribution in [2.24, 2.45) is 0 Å². The first-order chi connectivity index (χ1) is 18.0. The summed E-state index contributed by atoms with van der Waals surface area (Å²) in [7, 11) is 1.58. The molecule has 0 saturated heterocycles. The van der Waals surface area contributed by atoms with Crippen molar-refractivity contribution in [1.82, 2.24) is 50.0 Å². The highest BCUT2D eigenvalue weighted by molar-refractivity contribution is 6.31. The summed E-state index contributed by atoms with van der Waals surface area (Å²) in [5, 5.41) is 22.7. The zero-order chi connectivity index (χ0) is 25.9. The molecule has 5 rings (SSSR count). The average molecular weight is 531 g/mol. The number of methoxy groups -OCH3 is 1. The van der Waals surface area contributed by atoms with E-state index in [0.29, 0.717) is 40.3 Å². The lowest BCUT2D eigenvalue weighted by Crippen LogP contribution is -2.15. The van der Waals surface area contributed by atoms with Crippen LogP contribution in [-0.4, -0.2) is 63.7 Å². The minimum atomic E-state index is -2.84. The molecule has 1 atom stereocenters. The number of hydrogen-bond donors (Lipinski definition) is 0. The van der Waals surface area contributed by atoms with E-state index in [1.807, 2.05) is 0 Å². The topological polar surface area (TPSA) is 114 Å². The molecule has 11 nitrogen and oxygen atoms in total. The van der Waals surface area contributed by atoms with Gasteiger partial charge in [0.25, 0.3) is 0 Å². The van der Waals surface area contributed by atoms with Gasteiger partial charge in [0.05, 0.1) is 34.8 Å². The van der Waals surface area contributed by atoms with Crippen molar-refractivity contribution in [1.29, 1.82) is 0 Å². The fourth-order valence-electron chi connectivity index (χ4n) is 3.82. The first-order valence-corrected chi connectivity index (χ1v) is 11.2. The summed E-state index contributed by atoms with van der Waals surface area (Å²) >= 11 is 6.05. The van der Waals surface area contributed by atoms with Gasteiger partial charge in [-0.15, -0.1) is 15.0 Å². The van der Waals surface area contributed by atoms with Crippen LogP contribution >= 0.6 is 11.6 Å². The normalized spacial score (nSPS) is 12.4. The average Bonchev–Trinajstić information content (AvgIpc) is 3.68. The second-order valence-corrected chi connectivity index (χ2v) is 8.22. The molecule has 0 aliphatic rings. The van der Waals surface area contributed by atoms with Gasteiger partial charge in [-0.05, 0) is 35.0 Å². The summed E-state index contributed by atoms with van der Waals surface area (Å²) in [6, 6.07) is 6.13. The molecule has 15 heteroatoms. The molecule has 0 amide bonds. The standard InChI is InChI=1S/C22H18ClF3N10O/c1-37-7-6-18(34-11-14(9-29-34)17-10-30-36(31-17)22(25)26)16-4-2-13(8-27-16)20-19(35-12-28-32-33-35)5-3-15(23)21(20)24/h2-5,8-12,18,22H,6-7H2,1H3. The molecule has 4 heterocycles. The van der Waals surface area contributed by atoms with Crippen molar-refractivity contribution in [2.45, 2.75) is 19.0 Å². The summed E-state index contributed by atoms with van der Waals surface area (Å²) in [5.74, 6) is -0.631. The first kappa shape index (κ1) is 24.5. The molecule has 0 N–H and O–H groups in total. The van der Waals surface area contributed by atoms with E-state index in [-0.39, 0.29) is 22.3 Å². The Morgan fingerprint density at radius 1 is 1.05 bits per heavy atom. The second-order valence-electron chi connectivity index (χ2n) is 7.82. The molecule has 0 radical (unpaired) electrons. The first-order valence-electron chi connectivity index (χ1n) is 10.9. The van der Waals surface area contributed by atoms with E-state index < -0.39 is 12.4 Å². The zero-order valence-electron chi connectivity index (χ0n) is 19.2. The van der Waals surface area contributed by atoms with Crippen molar-refractivity contribution in [3.8, 4) is 28.1 Å². The molecule has 4 aromatic heterocycles. The fourth-order valence-corrected chi connectivity index (χ4v) is 3.97. The van der Waals surface area contributed by atoms with Gasteiger partial charge < -0.3 is 4.74 Å². The summed E-state index contributed by atoms with van der Waals surface area (Å²) in [4.78, 5) is 4.90. The minimum absolute atomic E-state index is 0.0540. The molecule has 0 saturated carbocycles. The molecule has 190 valence electrons. The Bertz CT molecular complexity index is 1490. The summed E-state index contributed by atoms with van der Waals surface area (Å²) in [6.07, 6.45) is 7.80. The molecule has 1 unspecified atom stereocenters. The van der Waals surface area contributed by atoms with Gasteiger partial charge in [0, 0.05) is 42.8 Å². The van der Waals surface area contributed by atoms with Crippen molar-refractivity contribution in [3.63, 3.8) is 0 Å². The quantitative estimate of drug-likeness (QED) is 0.281. The van der Waals surface area contributed by atoms with Gasteiger partial charge in [-0.1, -0.05) is 17.7 Å². The van der Waals surface area contributed by atoms with Crippen molar-refractivity contribution >= 4 is 11.6 Å². The van der Waals surface area contributed by atoms with E-state index in [0.717, 1.165) is 0 Å². The Morgan fingerprint density at radius 2 is 1.92 bits per heavy atom. The Balaban J connectivity index is 1.48. The number of rotatable bonds is 9. The van der Waals surface area contributed by atoms with Crippen LogP contribution in [0, 0.1) is 5.82 Å². The predicted molar refractivity (Wildman–Crippen MR) is 124 cm³/mol. The molecule has 0 spiro atoms. The van der Waals surface area contributed by atoms with E-state index in [9.17, 15) is 8.78 Å². The SMILES string of the molecule is COCCC(c1ccc(-c2c(-n3cnnn3)ccc(Cl)c2F)cn1)n1cc(-c2cnn(C(F)F)n2)cn1. The number of nitrogens with zero attached hydrogens (tertiary/aromatic N) is 10. The fraction of sp³-hybridized carbons (Fsp3) is 0.227. The van der Waals surface area contributed by atoms with Crippen LogP contribution in [0.4, 0.5) is 13.2 Å². The Hall–Kier alpha value is -4.17. The summed E-state index contributed by atoms with van der Waals surface area (Å²) in [6.45, 7) is -2.44. The zero-order valence-corrected chi connectivity index (χ0v) is 19.9. The molecule has 0 aliphatic carbocycles.